The molecule has 0 spiro atoms. The van der Waals surface area contributed by atoms with Gasteiger partial charge in [-0.1, -0.05) is 13.3 Å². The summed E-state index contributed by atoms with van der Waals surface area (Å²) >= 11 is 0. The molecule has 0 heterocycles. The van der Waals surface area contributed by atoms with Gasteiger partial charge in [0.1, 0.15) is 0 Å². The van der Waals surface area contributed by atoms with Crippen LogP contribution in [-0.4, -0.2) is 17.7 Å². The minimum Gasteiger partial charge on any atom is -0.422 e. The molecule has 4 aliphatic carbocycles. The molecule has 4 aliphatic rings. The van der Waals surface area contributed by atoms with Crippen molar-refractivity contribution in [3.05, 3.63) is 0 Å². The predicted octanol–water partition coefficient (Wildman–Crippen LogP) is 5.14. The highest BCUT2D eigenvalue weighted by Gasteiger charge is 2.68. The number of esters is 2. The average Bonchev–Trinajstić information content (AvgIpc) is 3.06. The zero-order valence-electron chi connectivity index (χ0n) is 18.2. The second kappa shape index (κ2) is 7.29. The van der Waals surface area contributed by atoms with Gasteiger partial charge < -0.3 is 9.47 Å². The van der Waals surface area contributed by atoms with Crippen molar-refractivity contribution in [2.24, 2.45) is 34.5 Å². The monoisotopic (exact) mass is 401 g/mol. The number of ether oxygens (including phenoxy) is 2. The van der Waals surface area contributed by atoms with E-state index in [1.165, 1.54) is 39.5 Å². The Morgan fingerprint density at radius 3 is 2.28 bits per heavy atom. The number of carbonyl (C=O) groups excluding carboxylic acids is 2. The van der Waals surface area contributed by atoms with Crippen LogP contribution in [0, 0.1) is 45.8 Å². The van der Waals surface area contributed by atoms with Gasteiger partial charge in [0, 0.05) is 26.7 Å². The van der Waals surface area contributed by atoms with Crippen LogP contribution in [0.5, 0.6) is 0 Å². The second-order valence-electron chi connectivity index (χ2n) is 10.4. The fourth-order valence-corrected chi connectivity index (χ4v) is 8.39. The van der Waals surface area contributed by atoms with Crippen molar-refractivity contribution >= 4 is 11.9 Å². The largest absolute Gasteiger partial charge is 0.422 e. The molecular weight excluding hydrogens is 366 g/mol. The van der Waals surface area contributed by atoms with Crippen LogP contribution in [0.4, 0.5) is 0 Å². The summed E-state index contributed by atoms with van der Waals surface area (Å²) in [5.74, 6) is -0.00441. The minimum absolute atomic E-state index is 0.180. The number of carbonyl (C=O) groups is 2. The predicted molar refractivity (Wildman–Crippen MR) is 107 cm³/mol. The highest BCUT2D eigenvalue weighted by atomic mass is 16.7. The molecule has 0 N–H and O–H groups in total. The maximum atomic E-state index is 12.1. The third-order valence-corrected chi connectivity index (χ3v) is 9.36. The Kier molecular flexibility index (Phi) is 5.20. The Bertz CT molecular complexity index is 711. The molecule has 4 saturated carbocycles. The van der Waals surface area contributed by atoms with E-state index in [9.17, 15) is 14.9 Å². The first-order valence-electron chi connectivity index (χ1n) is 11.5. The Morgan fingerprint density at radius 1 is 0.931 bits per heavy atom. The summed E-state index contributed by atoms with van der Waals surface area (Å²) in [6.45, 7) is 5.09. The first-order valence-corrected chi connectivity index (χ1v) is 11.5. The fourth-order valence-electron chi connectivity index (χ4n) is 8.39. The topological polar surface area (TPSA) is 76.4 Å². The van der Waals surface area contributed by atoms with Gasteiger partial charge in [0.2, 0.25) is 0 Å². The Balaban J connectivity index is 1.75. The van der Waals surface area contributed by atoms with Gasteiger partial charge in [0.05, 0.1) is 11.5 Å². The van der Waals surface area contributed by atoms with Gasteiger partial charge in [0.15, 0.2) is 0 Å². The van der Waals surface area contributed by atoms with Crippen LogP contribution in [0.25, 0.3) is 0 Å². The Hall–Kier alpha value is -1.57. The molecule has 4 fully saturated rings. The molecule has 5 nitrogen and oxygen atoms in total. The third kappa shape index (κ3) is 3.01. The van der Waals surface area contributed by atoms with Gasteiger partial charge in [-0.2, -0.15) is 5.26 Å². The van der Waals surface area contributed by atoms with Crippen LogP contribution < -0.4 is 0 Å². The van der Waals surface area contributed by atoms with E-state index >= 15 is 0 Å². The zero-order chi connectivity index (χ0) is 20.9. The van der Waals surface area contributed by atoms with Crippen molar-refractivity contribution in [3.63, 3.8) is 0 Å². The van der Waals surface area contributed by atoms with Crippen LogP contribution in [-0.2, 0) is 19.1 Å². The van der Waals surface area contributed by atoms with Crippen molar-refractivity contribution < 1.29 is 19.1 Å². The van der Waals surface area contributed by atoms with E-state index in [4.69, 9.17) is 9.47 Å². The van der Waals surface area contributed by atoms with Crippen LogP contribution in [0.3, 0.4) is 0 Å². The van der Waals surface area contributed by atoms with Crippen molar-refractivity contribution in [3.8, 4) is 6.07 Å². The van der Waals surface area contributed by atoms with Gasteiger partial charge >= 0.3 is 11.9 Å². The van der Waals surface area contributed by atoms with Gasteiger partial charge in [-0.05, 0) is 80.5 Å². The minimum atomic E-state index is -1.15. The SMILES string of the molecule is CC(=O)OC1(OC(C)=O)CCC[C@@H]2CC[C@H]3[C@@H]4CCC[C@@]4(CC#N)CC[C@@H]3[C@]21C. The van der Waals surface area contributed by atoms with E-state index < -0.39 is 5.79 Å². The van der Waals surface area contributed by atoms with Crippen LogP contribution in [0.15, 0.2) is 0 Å². The summed E-state index contributed by atoms with van der Waals surface area (Å²) in [4.78, 5) is 24.3. The lowest BCUT2D eigenvalue weighted by molar-refractivity contribution is -0.322. The van der Waals surface area contributed by atoms with Crippen molar-refractivity contribution in [1.29, 1.82) is 5.26 Å². The third-order valence-electron chi connectivity index (χ3n) is 9.36. The number of fused-ring (bicyclic) bond motifs is 5. The normalized spacial score (nSPS) is 42.6. The molecule has 29 heavy (non-hydrogen) atoms. The standard InChI is InChI=1S/C24H35NO4/c1-16(26)28-24(29-17(2)27)12-4-6-18-8-9-19-20(22(18,24)3)10-13-23(14-15-25)11-5-7-21(19)23/h18-21H,4-14H2,1-3H3/t18-,19-,20+,21+,22+,23+/m1/s1. The molecule has 6 atom stereocenters. The Morgan fingerprint density at radius 2 is 1.62 bits per heavy atom. The molecule has 0 aromatic carbocycles. The lowest BCUT2D eigenvalue weighted by atomic mass is 9.43. The average molecular weight is 402 g/mol. The van der Waals surface area contributed by atoms with Gasteiger partial charge in [-0.15, -0.1) is 0 Å². The van der Waals surface area contributed by atoms with Crippen LogP contribution in [0.1, 0.15) is 91.4 Å². The summed E-state index contributed by atoms with van der Waals surface area (Å²) in [6.07, 6.45) is 11.3. The number of hydrogen-bond acceptors (Lipinski definition) is 5. The first-order chi connectivity index (χ1) is 13.8. The molecular formula is C24H35NO4. The number of nitrogens with zero attached hydrogens (tertiary/aromatic N) is 1. The van der Waals surface area contributed by atoms with Gasteiger partial charge in [0.25, 0.3) is 5.79 Å². The second-order valence-corrected chi connectivity index (χ2v) is 10.4. The summed E-state index contributed by atoms with van der Waals surface area (Å²) < 4.78 is 11.9. The molecule has 5 heteroatoms. The maximum Gasteiger partial charge on any atom is 0.305 e. The lowest BCUT2D eigenvalue weighted by Crippen LogP contribution is -2.65. The zero-order valence-corrected chi connectivity index (χ0v) is 18.2. The smallest absolute Gasteiger partial charge is 0.305 e. The summed E-state index contributed by atoms with van der Waals surface area (Å²) in [7, 11) is 0. The molecule has 0 unspecified atom stereocenters. The molecule has 0 aliphatic heterocycles. The number of hydrogen-bond donors (Lipinski definition) is 0. The molecule has 0 aromatic rings. The number of nitriles is 1. The highest BCUT2D eigenvalue weighted by Crippen LogP contribution is 2.69. The Labute approximate surface area is 174 Å². The number of rotatable bonds is 3. The van der Waals surface area contributed by atoms with Crippen molar-refractivity contribution in [2.45, 2.75) is 97.2 Å². The van der Waals surface area contributed by atoms with Crippen molar-refractivity contribution in [2.75, 3.05) is 0 Å². The molecule has 160 valence electrons. The first kappa shape index (κ1) is 20.7. The molecule has 0 aromatic heterocycles. The summed E-state index contributed by atoms with van der Waals surface area (Å²) in [5, 5.41) is 9.51. The van der Waals surface area contributed by atoms with E-state index in [1.54, 1.807) is 0 Å². The van der Waals surface area contributed by atoms with E-state index in [2.05, 4.69) is 13.0 Å². The molecule has 0 saturated heterocycles. The van der Waals surface area contributed by atoms with E-state index in [-0.39, 0.29) is 22.8 Å². The molecule has 4 rings (SSSR count). The van der Waals surface area contributed by atoms with Gasteiger partial charge in [-0.25, -0.2) is 0 Å². The lowest BCUT2D eigenvalue weighted by Gasteiger charge is -2.64. The molecule has 0 radical (unpaired) electrons. The van der Waals surface area contributed by atoms with Crippen molar-refractivity contribution in [1.82, 2.24) is 0 Å². The summed E-state index contributed by atoms with van der Waals surface area (Å²) in [5.41, 5.74) is -0.174. The highest BCUT2D eigenvalue weighted by molar-refractivity contribution is 5.69. The fraction of sp³-hybridized carbons (Fsp3) is 0.875. The van der Waals surface area contributed by atoms with Crippen LogP contribution in [0.2, 0.25) is 0 Å². The van der Waals surface area contributed by atoms with E-state index in [0.717, 1.165) is 32.1 Å². The van der Waals surface area contributed by atoms with E-state index in [0.29, 0.717) is 36.5 Å². The van der Waals surface area contributed by atoms with Gasteiger partial charge in [-0.3, -0.25) is 9.59 Å². The quantitative estimate of drug-likeness (QED) is 0.484. The van der Waals surface area contributed by atoms with E-state index in [1.807, 2.05) is 0 Å². The molecule has 0 amide bonds. The maximum absolute atomic E-state index is 12.1. The summed E-state index contributed by atoms with van der Waals surface area (Å²) in [6, 6.07) is 2.49. The van der Waals surface area contributed by atoms with Crippen LogP contribution >= 0.6 is 0 Å². The molecule has 0 bridgehead atoms.